The van der Waals surface area contributed by atoms with Gasteiger partial charge in [-0.1, -0.05) is 23.7 Å². The Labute approximate surface area is 102 Å². The SMILES string of the molecule is Clc1ccc(-c2nnn[nH]2)n1-c1cc[c]cc1. The van der Waals surface area contributed by atoms with Gasteiger partial charge in [-0.25, -0.2) is 5.10 Å². The van der Waals surface area contributed by atoms with Gasteiger partial charge in [-0.15, -0.1) is 5.10 Å². The van der Waals surface area contributed by atoms with E-state index in [1.165, 1.54) is 0 Å². The maximum atomic E-state index is 6.17. The summed E-state index contributed by atoms with van der Waals surface area (Å²) in [5.41, 5.74) is 1.75. The molecule has 3 aromatic rings. The summed E-state index contributed by atoms with van der Waals surface area (Å²) >= 11 is 6.17. The highest BCUT2D eigenvalue weighted by Crippen LogP contribution is 2.26. The molecule has 6 heteroatoms. The Morgan fingerprint density at radius 3 is 2.71 bits per heavy atom. The maximum absolute atomic E-state index is 6.17. The Bertz CT molecular complexity index is 615. The standard InChI is InChI=1S/C11H7ClN5/c12-10-7-6-9(11-13-15-16-14-11)17(10)8-4-2-1-3-5-8/h2-7H,(H,13,14,15,16). The van der Waals surface area contributed by atoms with Crippen LogP contribution in [0.1, 0.15) is 0 Å². The lowest BCUT2D eigenvalue weighted by Gasteiger charge is -2.07. The second-order valence-corrected chi connectivity index (χ2v) is 3.77. The van der Waals surface area contributed by atoms with Gasteiger partial charge in [0.15, 0.2) is 5.82 Å². The molecule has 0 spiro atoms. The lowest BCUT2D eigenvalue weighted by Crippen LogP contribution is -1.97. The second kappa shape index (κ2) is 4.03. The van der Waals surface area contributed by atoms with Gasteiger partial charge in [0.2, 0.25) is 0 Å². The maximum Gasteiger partial charge on any atom is 0.196 e. The van der Waals surface area contributed by atoms with Crippen LogP contribution >= 0.6 is 11.6 Å². The topological polar surface area (TPSA) is 59.4 Å². The lowest BCUT2D eigenvalue weighted by atomic mass is 10.3. The molecular formula is C11H7ClN5. The highest BCUT2D eigenvalue weighted by Gasteiger charge is 2.12. The molecule has 1 N–H and O–H groups in total. The van der Waals surface area contributed by atoms with Gasteiger partial charge in [0.05, 0.1) is 5.69 Å². The number of nitrogens with one attached hydrogen (secondary N) is 1. The summed E-state index contributed by atoms with van der Waals surface area (Å²) in [4.78, 5) is 0. The molecule has 0 bridgehead atoms. The van der Waals surface area contributed by atoms with Crippen LogP contribution in [0.2, 0.25) is 5.15 Å². The fourth-order valence-electron chi connectivity index (χ4n) is 1.65. The third kappa shape index (κ3) is 1.70. The average Bonchev–Trinajstić information content (AvgIpc) is 2.98. The molecule has 0 atom stereocenters. The van der Waals surface area contributed by atoms with E-state index < -0.39 is 0 Å². The second-order valence-electron chi connectivity index (χ2n) is 3.38. The predicted octanol–water partition coefficient (Wildman–Crippen LogP) is 2.11. The molecule has 0 saturated heterocycles. The van der Waals surface area contributed by atoms with Crippen molar-refractivity contribution in [3.8, 4) is 17.2 Å². The summed E-state index contributed by atoms with van der Waals surface area (Å²) in [6, 6.07) is 14.1. The van der Waals surface area contributed by atoms with Gasteiger partial charge < -0.3 is 0 Å². The van der Waals surface area contributed by atoms with Gasteiger partial charge in [-0.05, 0) is 40.8 Å². The minimum Gasteiger partial charge on any atom is -0.297 e. The molecule has 1 radical (unpaired) electrons. The monoisotopic (exact) mass is 244 g/mol. The van der Waals surface area contributed by atoms with Gasteiger partial charge in [0.1, 0.15) is 5.15 Å². The van der Waals surface area contributed by atoms with Crippen LogP contribution in [0, 0.1) is 6.07 Å². The first-order valence-electron chi connectivity index (χ1n) is 4.94. The van der Waals surface area contributed by atoms with Crippen molar-refractivity contribution in [3.05, 3.63) is 47.6 Å². The number of H-pyrrole nitrogens is 1. The summed E-state index contributed by atoms with van der Waals surface area (Å²) in [6.07, 6.45) is 0. The first kappa shape index (κ1) is 10.0. The summed E-state index contributed by atoms with van der Waals surface area (Å²) in [6.45, 7) is 0. The van der Waals surface area contributed by atoms with Gasteiger partial charge >= 0.3 is 0 Å². The van der Waals surface area contributed by atoms with Gasteiger partial charge in [0, 0.05) is 5.69 Å². The quantitative estimate of drug-likeness (QED) is 0.751. The van der Waals surface area contributed by atoms with Crippen molar-refractivity contribution in [2.24, 2.45) is 0 Å². The molecule has 0 amide bonds. The van der Waals surface area contributed by atoms with E-state index in [1.54, 1.807) is 6.07 Å². The molecule has 0 fully saturated rings. The molecule has 0 aliphatic carbocycles. The van der Waals surface area contributed by atoms with Crippen LogP contribution in [-0.4, -0.2) is 25.2 Å². The predicted molar refractivity (Wildman–Crippen MR) is 62.8 cm³/mol. The zero-order valence-corrected chi connectivity index (χ0v) is 9.39. The van der Waals surface area contributed by atoms with Gasteiger partial charge in [0.25, 0.3) is 0 Å². The Morgan fingerprint density at radius 2 is 2.00 bits per heavy atom. The molecule has 0 aliphatic heterocycles. The number of aromatic nitrogens is 5. The third-order valence-corrected chi connectivity index (χ3v) is 2.68. The van der Waals surface area contributed by atoms with Crippen LogP contribution in [-0.2, 0) is 0 Å². The largest absolute Gasteiger partial charge is 0.297 e. The smallest absolute Gasteiger partial charge is 0.196 e. The van der Waals surface area contributed by atoms with Crippen LogP contribution in [0.5, 0.6) is 0 Å². The molecule has 1 aromatic carbocycles. The number of aromatic amines is 1. The Hall–Kier alpha value is -2.14. The molecule has 17 heavy (non-hydrogen) atoms. The average molecular weight is 245 g/mol. The summed E-state index contributed by atoms with van der Waals surface area (Å²) in [5, 5.41) is 14.3. The van der Waals surface area contributed by atoms with E-state index in [1.807, 2.05) is 34.9 Å². The number of hydrogen-bond acceptors (Lipinski definition) is 3. The van der Waals surface area contributed by atoms with Gasteiger partial charge in [-0.3, -0.25) is 4.57 Å². The number of halogens is 1. The first-order valence-corrected chi connectivity index (χ1v) is 5.32. The third-order valence-electron chi connectivity index (χ3n) is 2.38. The van der Waals surface area contributed by atoms with Crippen molar-refractivity contribution in [3.63, 3.8) is 0 Å². The fraction of sp³-hybridized carbons (Fsp3) is 0. The molecule has 0 unspecified atom stereocenters. The van der Waals surface area contributed by atoms with Crippen molar-refractivity contribution in [2.45, 2.75) is 0 Å². The molecule has 2 heterocycles. The van der Waals surface area contributed by atoms with Crippen molar-refractivity contribution >= 4 is 11.6 Å². The summed E-state index contributed by atoms with van der Waals surface area (Å²) in [5.74, 6) is 0.574. The van der Waals surface area contributed by atoms with Gasteiger partial charge in [-0.2, -0.15) is 0 Å². The van der Waals surface area contributed by atoms with E-state index in [0.29, 0.717) is 11.0 Å². The van der Waals surface area contributed by atoms with Crippen molar-refractivity contribution in [2.75, 3.05) is 0 Å². The first-order chi connectivity index (χ1) is 8.36. The van der Waals surface area contributed by atoms with E-state index in [9.17, 15) is 0 Å². The van der Waals surface area contributed by atoms with E-state index in [2.05, 4.69) is 26.7 Å². The zero-order valence-electron chi connectivity index (χ0n) is 8.63. The van der Waals surface area contributed by atoms with Crippen LogP contribution in [0.4, 0.5) is 0 Å². The van der Waals surface area contributed by atoms with E-state index in [0.717, 1.165) is 11.4 Å². The highest BCUT2D eigenvalue weighted by atomic mass is 35.5. The fourth-order valence-corrected chi connectivity index (χ4v) is 1.91. The van der Waals surface area contributed by atoms with E-state index in [-0.39, 0.29) is 0 Å². The number of benzene rings is 1. The summed E-state index contributed by atoms with van der Waals surface area (Å²) in [7, 11) is 0. The number of nitrogens with zero attached hydrogens (tertiary/aromatic N) is 4. The number of rotatable bonds is 2. The molecule has 5 nitrogen and oxygen atoms in total. The van der Waals surface area contributed by atoms with Crippen molar-refractivity contribution < 1.29 is 0 Å². The minimum absolute atomic E-state index is 0.574. The highest BCUT2D eigenvalue weighted by molar-refractivity contribution is 6.30. The van der Waals surface area contributed by atoms with Crippen LogP contribution in [0.3, 0.4) is 0 Å². The minimum atomic E-state index is 0.574. The number of hydrogen-bond donors (Lipinski definition) is 1. The molecule has 3 rings (SSSR count). The molecule has 0 saturated carbocycles. The molecular weight excluding hydrogens is 238 g/mol. The van der Waals surface area contributed by atoms with Crippen LogP contribution in [0.15, 0.2) is 36.4 Å². The normalized spacial score (nSPS) is 10.6. The Kier molecular flexibility index (Phi) is 2.38. The van der Waals surface area contributed by atoms with Crippen molar-refractivity contribution in [1.29, 1.82) is 0 Å². The van der Waals surface area contributed by atoms with Crippen LogP contribution < -0.4 is 0 Å². The van der Waals surface area contributed by atoms with E-state index >= 15 is 0 Å². The molecule has 0 aliphatic rings. The van der Waals surface area contributed by atoms with E-state index in [4.69, 9.17) is 11.6 Å². The van der Waals surface area contributed by atoms with Crippen LogP contribution in [0.25, 0.3) is 17.2 Å². The number of tetrazole rings is 1. The molecule has 2 aromatic heterocycles. The summed E-state index contributed by atoms with van der Waals surface area (Å²) < 4.78 is 1.86. The Balaban J connectivity index is 2.20. The lowest BCUT2D eigenvalue weighted by molar-refractivity contribution is 0.881. The zero-order chi connectivity index (χ0) is 11.7. The van der Waals surface area contributed by atoms with Crippen molar-refractivity contribution in [1.82, 2.24) is 25.2 Å². The Morgan fingerprint density at radius 1 is 1.18 bits per heavy atom. The molecule has 83 valence electrons.